The van der Waals surface area contributed by atoms with Crippen LogP contribution in [0.2, 0.25) is 0 Å². The summed E-state index contributed by atoms with van der Waals surface area (Å²) in [5, 5.41) is 11.0. The molecule has 2 nitrogen and oxygen atoms in total. The molecule has 0 aliphatic rings. The quantitative estimate of drug-likeness (QED) is 0.740. The summed E-state index contributed by atoms with van der Waals surface area (Å²) in [5.41, 5.74) is 2.32. The van der Waals surface area contributed by atoms with Crippen LogP contribution in [0.1, 0.15) is 18.1 Å². The van der Waals surface area contributed by atoms with E-state index in [1.54, 1.807) is 0 Å². The number of rotatable bonds is 2. The number of nitriles is 1. The van der Waals surface area contributed by atoms with Crippen molar-refractivity contribution in [3.05, 3.63) is 41.7 Å². The third kappa shape index (κ3) is 1.82. The van der Waals surface area contributed by atoms with Crippen molar-refractivity contribution < 1.29 is 0 Å². The standard InChI is InChI=1S/C13H12N2/c1-2-11-8-15-9-12-7-10(5-6-14)3-4-13(11)12/h3-4,7-9H,2,5H2,1H3. The van der Waals surface area contributed by atoms with Crippen molar-refractivity contribution in [2.45, 2.75) is 19.8 Å². The maximum absolute atomic E-state index is 8.63. The lowest BCUT2D eigenvalue weighted by Gasteiger charge is -2.04. The molecule has 0 saturated carbocycles. The van der Waals surface area contributed by atoms with Crippen LogP contribution in [0.5, 0.6) is 0 Å². The largest absolute Gasteiger partial charge is 0.264 e. The molecule has 0 bridgehead atoms. The van der Waals surface area contributed by atoms with Crippen LogP contribution in [0, 0.1) is 11.3 Å². The maximum Gasteiger partial charge on any atom is 0.0669 e. The van der Waals surface area contributed by atoms with Crippen LogP contribution in [0.25, 0.3) is 10.8 Å². The van der Waals surface area contributed by atoms with Gasteiger partial charge < -0.3 is 0 Å². The lowest BCUT2D eigenvalue weighted by Crippen LogP contribution is -1.88. The number of nitrogens with zero attached hydrogens (tertiary/aromatic N) is 2. The molecule has 0 spiro atoms. The number of hydrogen-bond acceptors (Lipinski definition) is 2. The topological polar surface area (TPSA) is 36.7 Å². The lowest BCUT2D eigenvalue weighted by atomic mass is 10.0. The molecule has 0 amide bonds. The average molecular weight is 196 g/mol. The second kappa shape index (κ2) is 4.10. The second-order valence-electron chi connectivity index (χ2n) is 3.54. The van der Waals surface area contributed by atoms with Crippen LogP contribution in [-0.4, -0.2) is 4.98 Å². The van der Waals surface area contributed by atoms with Crippen LogP contribution < -0.4 is 0 Å². The molecule has 0 radical (unpaired) electrons. The number of fused-ring (bicyclic) bond motifs is 1. The molecule has 0 aliphatic heterocycles. The van der Waals surface area contributed by atoms with E-state index in [4.69, 9.17) is 5.26 Å². The molecule has 0 unspecified atom stereocenters. The highest BCUT2D eigenvalue weighted by atomic mass is 14.6. The van der Waals surface area contributed by atoms with E-state index in [-0.39, 0.29) is 0 Å². The Hall–Kier alpha value is -1.88. The molecular weight excluding hydrogens is 184 g/mol. The van der Waals surface area contributed by atoms with Gasteiger partial charge >= 0.3 is 0 Å². The highest BCUT2D eigenvalue weighted by molar-refractivity contribution is 5.85. The Bertz CT molecular complexity index is 524. The summed E-state index contributed by atoms with van der Waals surface area (Å²) in [5.74, 6) is 0. The minimum Gasteiger partial charge on any atom is -0.264 e. The van der Waals surface area contributed by atoms with Gasteiger partial charge in [-0.2, -0.15) is 5.26 Å². The van der Waals surface area contributed by atoms with E-state index < -0.39 is 0 Å². The van der Waals surface area contributed by atoms with E-state index >= 15 is 0 Å². The normalized spacial score (nSPS) is 10.1. The average Bonchev–Trinajstić information content (AvgIpc) is 2.28. The summed E-state index contributed by atoms with van der Waals surface area (Å²) in [6.45, 7) is 2.12. The molecule has 0 fully saturated rings. The smallest absolute Gasteiger partial charge is 0.0669 e. The Morgan fingerprint density at radius 1 is 1.33 bits per heavy atom. The van der Waals surface area contributed by atoms with Gasteiger partial charge in [0.05, 0.1) is 12.5 Å². The molecular formula is C13H12N2. The fourth-order valence-corrected chi connectivity index (χ4v) is 1.77. The number of benzene rings is 1. The van der Waals surface area contributed by atoms with Crippen molar-refractivity contribution >= 4 is 10.8 Å². The van der Waals surface area contributed by atoms with Crippen molar-refractivity contribution in [2.24, 2.45) is 0 Å². The highest BCUT2D eigenvalue weighted by Crippen LogP contribution is 2.19. The molecule has 2 rings (SSSR count). The molecule has 1 heterocycles. The Labute approximate surface area is 89.2 Å². The van der Waals surface area contributed by atoms with Gasteiger partial charge in [0.2, 0.25) is 0 Å². The predicted octanol–water partition coefficient (Wildman–Crippen LogP) is 2.86. The Balaban J connectivity index is 2.59. The van der Waals surface area contributed by atoms with Crippen molar-refractivity contribution in [3.63, 3.8) is 0 Å². The zero-order chi connectivity index (χ0) is 10.7. The van der Waals surface area contributed by atoms with Gasteiger partial charge in [0.25, 0.3) is 0 Å². The molecule has 2 heteroatoms. The van der Waals surface area contributed by atoms with E-state index in [9.17, 15) is 0 Å². The van der Waals surface area contributed by atoms with Gasteiger partial charge in [-0.05, 0) is 29.0 Å². The predicted molar refractivity (Wildman–Crippen MR) is 60.4 cm³/mol. The van der Waals surface area contributed by atoms with Crippen LogP contribution >= 0.6 is 0 Å². The summed E-state index contributed by atoms with van der Waals surface area (Å²) in [7, 11) is 0. The van der Waals surface area contributed by atoms with E-state index in [2.05, 4.69) is 24.0 Å². The first kappa shape index (κ1) is 9.67. The van der Waals surface area contributed by atoms with Gasteiger partial charge in [0.15, 0.2) is 0 Å². The minimum atomic E-state index is 0.465. The van der Waals surface area contributed by atoms with Gasteiger partial charge in [-0.15, -0.1) is 0 Å². The summed E-state index contributed by atoms with van der Waals surface area (Å²) in [6.07, 6.45) is 5.22. The summed E-state index contributed by atoms with van der Waals surface area (Å²) in [4.78, 5) is 4.20. The molecule has 0 saturated heterocycles. The van der Waals surface area contributed by atoms with Crippen molar-refractivity contribution in [1.82, 2.24) is 4.98 Å². The van der Waals surface area contributed by atoms with Crippen molar-refractivity contribution in [2.75, 3.05) is 0 Å². The number of aromatic nitrogens is 1. The first-order valence-electron chi connectivity index (χ1n) is 5.07. The Kier molecular flexibility index (Phi) is 2.64. The Morgan fingerprint density at radius 3 is 2.93 bits per heavy atom. The molecule has 0 aliphatic carbocycles. The van der Waals surface area contributed by atoms with E-state index in [0.717, 1.165) is 17.4 Å². The van der Waals surface area contributed by atoms with Gasteiger partial charge in [-0.3, -0.25) is 4.98 Å². The van der Waals surface area contributed by atoms with Crippen LogP contribution in [0.15, 0.2) is 30.6 Å². The highest BCUT2D eigenvalue weighted by Gasteiger charge is 2.00. The van der Waals surface area contributed by atoms with E-state index in [1.165, 1.54) is 10.9 Å². The lowest BCUT2D eigenvalue weighted by molar-refractivity contribution is 1.13. The fraction of sp³-hybridized carbons (Fsp3) is 0.231. The monoisotopic (exact) mass is 196 g/mol. The number of aryl methyl sites for hydroxylation is 1. The second-order valence-corrected chi connectivity index (χ2v) is 3.54. The molecule has 0 atom stereocenters. The SMILES string of the molecule is CCc1cncc2cc(CC#N)ccc12. The third-order valence-electron chi connectivity index (χ3n) is 2.57. The van der Waals surface area contributed by atoms with Crippen LogP contribution in [-0.2, 0) is 12.8 Å². The summed E-state index contributed by atoms with van der Waals surface area (Å²) in [6, 6.07) is 8.31. The first-order chi connectivity index (χ1) is 7.35. The van der Waals surface area contributed by atoms with E-state index in [1.807, 2.05) is 24.5 Å². The molecule has 74 valence electrons. The fourth-order valence-electron chi connectivity index (χ4n) is 1.77. The minimum absolute atomic E-state index is 0.465. The van der Waals surface area contributed by atoms with Crippen molar-refractivity contribution in [3.8, 4) is 6.07 Å². The van der Waals surface area contributed by atoms with Gasteiger partial charge in [0, 0.05) is 17.8 Å². The van der Waals surface area contributed by atoms with Gasteiger partial charge in [-0.25, -0.2) is 0 Å². The Morgan fingerprint density at radius 2 is 2.20 bits per heavy atom. The zero-order valence-electron chi connectivity index (χ0n) is 8.70. The first-order valence-corrected chi connectivity index (χ1v) is 5.07. The molecule has 0 N–H and O–H groups in total. The van der Waals surface area contributed by atoms with Gasteiger partial charge in [-0.1, -0.05) is 19.1 Å². The molecule has 1 aromatic heterocycles. The number of pyridine rings is 1. The molecule has 1 aromatic carbocycles. The maximum atomic E-state index is 8.63. The number of hydrogen-bond donors (Lipinski definition) is 0. The molecule has 15 heavy (non-hydrogen) atoms. The van der Waals surface area contributed by atoms with Gasteiger partial charge in [0.1, 0.15) is 0 Å². The van der Waals surface area contributed by atoms with E-state index in [0.29, 0.717) is 6.42 Å². The summed E-state index contributed by atoms with van der Waals surface area (Å²) >= 11 is 0. The zero-order valence-corrected chi connectivity index (χ0v) is 8.70. The van der Waals surface area contributed by atoms with Crippen LogP contribution in [0.4, 0.5) is 0 Å². The third-order valence-corrected chi connectivity index (χ3v) is 2.57. The molecule has 2 aromatic rings. The van der Waals surface area contributed by atoms with Crippen molar-refractivity contribution in [1.29, 1.82) is 5.26 Å². The van der Waals surface area contributed by atoms with Crippen LogP contribution in [0.3, 0.4) is 0 Å². The summed E-state index contributed by atoms with van der Waals surface area (Å²) < 4.78 is 0.